The largest absolute Gasteiger partial charge is 0.322 e. The van der Waals surface area contributed by atoms with Crippen molar-refractivity contribution < 1.29 is 4.39 Å². The summed E-state index contributed by atoms with van der Waals surface area (Å²) in [7, 11) is 0. The number of aryl methyl sites for hydroxylation is 2. The lowest BCUT2D eigenvalue weighted by atomic mass is 10.1. The number of aromatic nitrogens is 2. The highest BCUT2D eigenvalue weighted by molar-refractivity contribution is 5.21. The fraction of sp³-hybridized carbons (Fsp3) is 0.308. The Kier molecular flexibility index (Phi) is 3.24. The van der Waals surface area contributed by atoms with Gasteiger partial charge < -0.3 is 5.73 Å². The summed E-state index contributed by atoms with van der Waals surface area (Å²) < 4.78 is 15.4. The standard InChI is InChI=1S/C13H16FN3/c1-9-7-10(2)17(16-9)8-13(15)11-5-3-4-6-12(11)14/h3-7,13H,8,15H2,1-2H3. The van der Waals surface area contributed by atoms with E-state index in [9.17, 15) is 4.39 Å². The maximum absolute atomic E-state index is 13.5. The van der Waals surface area contributed by atoms with Gasteiger partial charge in [-0.05, 0) is 26.0 Å². The van der Waals surface area contributed by atoms with Gasteiger partial charge in [-0.1, -0.05) is 18.2 Å². The monoisotopic (exact) mass is 233 g/mol. The lowest BCUT2D eigenvalue weighted by Crippen LogP contribution is -2.20. The van der Waals surface area contributed by atoms with Crippen LogP contribution >= 0.6 is 0 Å². The van der Waals surface area contributed by atoms with Crippen LogP contribution < -0.4 is 5.73 Å². The predicted octanol–water partition coefficient (Wildman–Crippen LogP) is 2.34. The number of nitrogens with zero attached hydrogens (tertiary/aromatic N) is 2. The molecule has 4 heteroatoms. The third-order valence-corrected chi connectivity index (χ3v) is 2.78. The molecule has 17 heavy (non-hydrogen) atoms. The van der Waals surface area contributed by atoms with Crippen LogP contribution in [0.3, 0.4) is 0 Å². The molecular weight excluding hydrogens is 217 g/mol. The maximum atomic E-state index is 13.5. The Morgan fingerprint density at radius 2 is 2.06 bits per heavy atom. The van der Waals surface area contributed by atoms with Gasteiger partial charge in [0.25, 0.3) is 0 Å². The van der Waals surface area contributed by atoms with Gasteiger partial charge in [0, 0.05) is 11.3 Å². The van der Waals surface area contributed by atoms with Crippen LogP contribution in [0, 0.1) is 19.7 Å². The van der Waals surface area contributed by atoms with E-state index >= 15 is 0 Å². The fourth-order valence-electron chi connectivity index (χ4n) is 1.92. The van der Waals surface area contributed by atoms with Crippen molar-refractivity contribution in [2.75, 3.05) is 0 Å². The summed E-state index contributed by atoms with van der Waals surface area (Å²) in [6, 6.07) is 8.19. The van der Waals surface area contributed by atoms with Crippen LogP contribution in [0.5, 0.6) is 0 Å². The first-order chi connectivity index (χ1) is 8.08. The van der Waals surface area contributed by atoms with Gasteiger partial charge in [-0.25, -0.2) is 4.39 Å². The Morgan fingerprint density at radius 1 is 1.35 bits per heavy atom. The zero-order valence-electron chi connectivity index (χ0n) is 10.0. The minimum absolute atomic E-state index is 0.262. The van der Waals surface area contributed by atoms with E-state index in [1.807, 2.05) is 24.6 Å². The highest BCUT2D eigenvalue weighted by atomic mass is 19.1. The molecule has 0 saturated carbocycles. The topological polar surface area (TPSA) is 43.8 Å². The molecule has 1 aromatic heterocycles. The van der Waals surface area contributed by atoms with Gasteiger partial charge in [-0.2, -0.15) is 5.10 Å². The van der Waals surface area contributed by atoms with Crippen molar-refractivity contribution in [3.8, 4) is 0 Å². The lowest BCUT2D eigenvalue weighted by Gasteiger charge is -2.14. The van der Waals surface area contributed by atoms with Gasteiger partial charge in [0.2, 0.25) is 0 Å². The van der Waals surface area contributed by atoms with E-state index in [0.717, 1.165) is 11.4 Å². The highest BCUT2D eigenvalue weighted by Crippen LogP contribution is 2.17. The molecule has 1 aromatic carbocycles. The SMILES string of the molecule is Cc1cc(C)n(CC(N)c2ccccc2F)n1. The first-order valence-electron chi connectivity index (χ1n) is 5.59. The van der Waals surface area contributed by atoms with Crippen LogP contribution in [0.25, 0.3) is 0 Å². The lowest BCUT2D eigenvalue weighted by molar-refractivity contribution is 0.492. The third kappa shape index (κ3) is 2.53. The highest BCUT2D eigenvalue weighted by Gasteiger charge is 2.12. The second kappa shape index (κ2) is 4.67. The fourth-order valence-corrected chi connectivity index (χ4v) is 1.92. The molecule has 0 saturated heterocycles. The van der Waals surface area contributed by atoms with Crippen LogP contribution in [0.15, 0.2) is 30.3 Å². The summed E-state index contributed by atoms with van der Waals surface area (Å²) in [6.45, 7) is 4.38. The molecule has 3 nitrogen and oxygen atoms in total. The molecule has 1 unspecified atom stereocenters. The van der Waals surface area contributed by atoms with E-state index in [2.05, 4.69) is 5.10 Å². The molecule has 0 aliphatic heterocycles. The third-order valence-electron chi connectivity index (χ3n) is 2.78. The second-order valence-electron chi connectivity index (χ2n) is 4.24. The summed E-state index contributed by atoms with van der Waals surface area (Å²) in [5, 5.41) is 4.32. The average molecular weight is 233 g/mol. The van der Waals surface area contributed by atoms with Crippen molar-refractivity contribution in [2.45, 2.75) is 26.4 Å². The molecule has 0 aliphatic rings. The van der Waals surface area contributed by atoms with Gasteiger partial charge in [-0.3, -0.25) is 4.68 Å². The van der Waals surface area contributed by atoms with Crippen molar-refractivity contribution in [2.24, 2.45) is 5.73 Å². The van der Waals surface area contributed by atoms with E-state index in [1.54, 1.807) is 18.2 Å². The molecule has 0 radical (unpaired) electrons. The number of halogens is 1. The van der Waals surface area contributed by atoms with Gasteiger partial charge in [0.05, 0.1) is 18.3 Å². The predicted molar refractivity (Wildman–Crippen MR) is 65.0 cm³/mol. The molecule has 2 N–H and O–H groups in total. The van der Waals surface area contributed by atoms with Crippen molar-refractivity contribution in [1.82, 2.24) is 9.78 Å². The van der Waals surface area contributed by atoms with Gasteiger partial charge in [-0.15, -0.1) is 0 Å². The quantitative estimate of drug-likeness (QED) is 0.884. The van der Waals surface area contributed by atoms with Crippen LogP contribution in [0.1, 0.15) is 23.0 Å². The molecule has 0 spiro atoms. The zero-order valence-corrected chi connectivity index (χ0v) is 10.0. The van der Waals surface area contributed by atoms with Crippen molar-refractivity contribution in [1.29, 1.82) is 0 Å². The second-order valence-corrected chi connectivity index (χ2v) is 4.24. The summed E-state index contributed by atoms with van der Waals surface area (Å²) in [4.78, 5) is 0. The van der Waals surface area contributed by atoms with Gasteiger partial charge >= 0.3 is 0 Å². The minimum Gasteiger partial charge on any atom is -0.322 e. The van der Waals surface area contributed by atoms with Gasteiger partial charge in [0.1, 0.15) is 5.82 Å². The Labute approximate surface area is 100 Å². The maximum Gasteiger partial charge on any atom is 0.128 e. The molecular formula is C13H16FN3. The Balaban J connectivity index is 2.20. The smallest absolute Gasteiger partial charge is 0.128 e. The molecule has 0 aliphatic carbocycles. The van der Waals surface area contributed by atoms with Gasteiger partial charge in [0.15, 0.2) is 0 Å². The normalized spacial score (nSPS) is 12.7. The van der Waals surface area contributed by atoms with Crippen LogP contribution in [0.4, 0.5) is 4.39 Å². The number of nitrogens with two attached hydrogens (primary N) is 1. The van der Waals surface area contributed by atoms with Crippen molar-refractivity contribution in [3.05, 3.63) is 53.1 Å². The van der Waals surface area contributed by atoms with E-state index in [0.29, 0.717) is 12.1 Å². The average Bonchev–Trinajstić information content (AvgIpc) is 2.58. The molecule has 1 atom stereocenters. The number of benzene rings is 1. The molecule has 0 bridgehead atoms. The van der Waals surface area contributed by atoms with Crippen LogP contribution in [-0.4, -0.2) is 9.78 Å². The van der Waals surface area contributed by atoms with E-state index < -0.39 is 0 Å². The molecule has 0 amide bonds. The van der Waals surface area contributed by atoms with Crippen LogP contribution in [-0.2, 0) is 6.54 Å². The molecule has 0 fully saturated rings. The number of hydrogen-bond acceptors (Lipinski definition) is 2. The minimum atomic E-state index is -0.380. The first kappa shape index (κ1) is 11.8. The molecule has 90 valence electrons. The Hall–Kier alpha value is -1.68. The Morgan fingerprint density at radius 3 is 2.65 bits per heavy atom. The van der Waals surface area contributed by atoms with E-state index in [-0.39, 0.29) is 11.9 Å². The number of rotatable bonds is 3. The molecule has 1 heterocycles. The Bertz CT molecular complexity index is 519. The summed E-state index contributed by atoms with van der Waals surface area (Å²) in [5.41, 5.74) is 8.52. The number of hydrogen-bond donors (Lipinski definition) is 1. The van der Waals surface area contributed by atoms with E-state index in [4.69, 9.17) is 5.73 Å². The zero-order chi connectivity index (χ0) is 12.4. The van der Waals surface area contributed by atoms with E-state index in [1.165, 1.54) is 6.07 Å². The molecule has 2 aromatic rings. The van der Waals surface area contributed by atoms with Crippen molar-refractivity contribution >= 4 is 0 Å². The van der Waals surface area contributed by atoms with Crippen molar-refractivity contribution in [3.63, 3.8) is 0 Å². The molecule has 2 rings (SSSR count). The summed E-state index contributed by atoms with van der Waals surface area (Å²) >= 11 is 0. The first-order valence-corrected chi connectivity index (χ1v) is 5.59. The summed E-state index contributed by atoms with van der Waals surface area (Å²) in [6.07, 6.45) is 0. The van der Waals surface area contributed by atoms with Crippen LogP contribution in [0.2, 0.25) is 0 Å². The summed E-state index contributed by atoms with van der Waals surface area (Å²) in [5.74, 6) is -0.262.